The van der Waals surface area contributed by atoms with E-state index < -0.39 is 44.4 Å². The molecular weight excluding hydrogens is 504 g/mol. The van der Waals surface area contributed by atoms with Crippen LogP contribution < -0.4 is 10.2 Å². The first-order valence-corrected chi connectivity index (χ1v) is 14.0. The maximum Gasteiger partial charge on any atom is 0.387 e. The van der Waals surface area contributed by atoms with Gasteiger partial charge in [0.15, 0.2) is 0 Å². The van der Waals surface area contributed by atoms with E-state index in [1.54, 1.807) is 25.5 Å². The lowest BCUT2D eigenvalue weighted by atomic mass is 9.88. The fourth-order valence-electron chi connectivity index (χ4n) is 5.29. The van der Waals surface area contributed by atoms with Crippen LogP contribution in [0.4, 0.5) is 13.2 Å². The van der Waals surface area contributed by atoms with Gasteiger partial charge in [-0.15, -0.1) is 0 Å². The molecule has 2 atom stereocenters. The summed E-state index contributed by atoms with van der Waals surface area (Å²) in [6, 6.07) is 7.75. The van der Waals surface area contributed by atoms with Crippen molar-refractivity contribution in [3.05, 3.63) is 77.0 Å². The Bertz CT molecular complexity index is 1740. The third-order valence-corrected chi connectivity index (χ3v) is 8.28. The number of amides is 1. The maximum absolute atomic E-state index is 15.3. The standard InChI is InChI=1S/C26H22F3N4O3P/c1-32-19-10-16(22-14(25(32)34)5-4-6-20(22)36-26(28)29)23-18-9-15(17(27)12-33(18)31-24(19)23)13-7-8-21(30-11-13)37(2,3)35/h4-9,11-12,16,19,26H,10H2,1-3H3/t16-,19-/m1/s1/i1D3. The van der Waals surface area contributed by atoms with E-state index in [0.29, 0.717) is 22.1 Å². The van der Waals surface area contributed by atoms with Gasteiger partial charge in [0.05, 0.1) is 28.9 Å². The van der Waals surface area contributed by atoms with Crippen molar-refractivity contribution in [2.24, 2.45) is 0 Å². The number of fused-ring (bicyclic) bond motifs is 9. The van der Waals surface area contributed by atoms with Gasteiger partial charge in [0.2, 0.25) is 0 Å². The van der Waals surface area contributed by atoms with Crippen molar-refractivity contribution < 1.29 is 31.4 Å². The van der Waals surface area contributed by atoms with Crippen molar-refractivity contribution in [1.29, 1.82) is 0 Å². The first kappa shape index (κ1) is 20.4. The second-order valence-corrected chi connectivity index (χ2v) is 12.7. The first-order valence-electron chi connectivity index (χ1n) is 12.9. The van der Waals surface area contributed by atoms with Crippen LogP contribution in [0.1, 0.15) is 49.7 Å². The predicted octanol–water partition coefficient (Wildman–Crippen LogP) is 5.05. The Labute approximate surface area is 214 Å². The second-order valence-electron chi connectivity index (χ2n) is 9.49. The quantitative estimate of drug-likeness (QED) is 0.346. The molecule has 6 rings (SSSR count). The topological polar surface area (TPSA) is 76.8 Å². The van der Waals surface area contributed by atoms with Gasteiger partial charge in [-0.3, -0.25) is 9.78 Å². The average Bonchev–Trinajstić information content (AvgIpc) is 3.34. The minimum atomic E-state index is -3.18. The zero-order valence-electron chi connectivity index (χ0n) is 22.7. The predicted molar refractivity (Wildman–Crippen MR) is 132 cm³/mol. The summed E-state index contributed by atoms with van der Waals surface area (Å²) >= 11 is 0. The number of hydrogen-bond acceptors (Lipinski definition) is 5. The fourth-order valence-corrected chi connectivity index (χ4v) is 6.06. The number of benzene rings is 1. The molecule has 4 heterocycles. The van der Waals surface area contributed by atoms with E-state index in [1.165, 1.54) is 35.0 Å². The van der Waals surface area contributed by atoms with Gasteiger partial charge in [0.1, 0.15) is 18.7 Å². The highest BCUT2D eigenvalue weighted by molar-refractivity contribution is 7.69. The molecule has 2 bridgehead atoms. The van der Waals surface area contributed by atoms with Gasteiger partial charge >= 0.3 is 6.61 Å². The molecule has 2 aliphatic rings. The number of aromatic nitrogens is 3. The lowest BCUT2D eigenvalue weighted by Gasteiger charge is -2.23. The van der Waals surface area contributed by atoms with E-state index in [-0.39, 0.29) is 34.6 Å². The lowest BCUT2D eigenvalue weighted by Crippen LogP contribution is -2.30. The van der Waals surface area contributed by atoms with Crippen molar-refractivity contribution in [1.82, 2.24) is 19.5 Å². The molecule has 0 spiro atoms. The molecule has 11 heteroatoms. The van der Waals surface area contributed by atoms with Crippen LogP contribution in [0.3, 0.4) is 0 Å². The Morgan fingerprint density at radius 3 is 2.68 bits per heavy atom. The minimum absolute atomic E-state index is 0.0579. The Morgan fingerprint density at radius 1 is 1.19 bits per heavy atom. The Morgan fingerprint density at radius 2 is 2.00 bits per heavy atom. The number of halogens is 3. The molecular formula is C26H22F3N4O3P. The molecule has 0 saturated heterocycles. The van der Waals surface area contributed by atoms with Crippen LogP contribution in [0.25, 0.3) is 16.6 Å². The number of alkyl halides is 2. The van der Waals surface area contributed by atoms with Crippen LogP contribution in [0, 0.1) is 5.82 Å². The molecule has 0 fully saturated rings. The Hall–Kier alpha value is -3.65. The van der Waals surface area contributed by atoms with E-state index >= 15 is 4.39 Å². The fraction of sp³-hybridized carbons (Fsp3) is 0.269. The van der Waals surface area contributed by atoms with Crippen molar-refractivity contribution in [2.45, 2.75) is 25.0 Å². The third kappa shape index (κ3) is 3.65. The number of ether oxygens (including phenoxy) is 1. The molecule has 3 aromatic heterocycles. The van der Waals surface area contributed by atoms with Gasteiger partial charge in [-0.2, -0.15) is 13.9 Å². The molecule has 4 aromatic rings. The van der Waals surface area contributed by atoms with Gasteiger partial charge < -0.3 is 14.2 Å². The summed E-state index contributed by atoms with van der Waals surface area (Å²) in [5.41, 5.74) is 2.20. The highest BCUT2D eigenvalue weighted by Crippen LogP contribution is 2.53. The second kappa shape index (κ2) is 8.18. The van der Waals surface area contributed by atoms with Crippen LogP contribution >= 0.6 is 7.14 Å². The van der Waals surface area contributed by atoms with Crippen LogP contribution in [0.15, 0.2) is 48.8 Å². The number of nitrogens with zero attached hydrogens (tertiary/aromatic N) is 4. The Kier molecular flexibility index (Phi) is 4.51. The molecule has 0 unspecified atom stereocenters. The van der Waals surface area contributed by atoms with Gasteiger partial charge in [-0.1, -0.05) is 12.1 Å². The molecule has 190 valence electrons. The summed E-state index contributed by atoms with van der Waals surface area (Å²) in [5.74, 6) is -2.47. The van der Waals surface area contributed by atoms with Gasteiger partial charge in [0.25, 0.3) is 5.91 Å². The van der Waals surface area contributed by atoms with Crippen molar-refractivity contribution in [3.63, 3.8) is 0 Å². The number of pyridine rings is 2. The molecule has 1 aliphatic heterocycles. The zero-order chi connectivity index (χ0) is 28.7. The third-order valence-electron chi connectivity index (χ3n) is 6.91. The summed E-state index contributed by atoms with van der Waals surface area (Å²) < 4.78 is 84.8. The zero-order valence-corrected chi connectivity index (χ0v) is 20.5. The van der Waals surface area contributed by atoms with Crippen molar-refractivity contribution >= 4 is 24.0 Å². The molecule has 1 amide bonds. The SMILES string of the molecule is [2H]C([2H])([2H])N1C(=O)c2cccc(OC(F)F)c2[C@H]2C[C@@H]1c1nn3cc(F)c(-c4ccc(P(C)(C)=O)nc4)cc3c12. The van der Waals surface area contributed by atoms with Crippen molar-refractivity contribution in [2.75, 3.05) is 20.3 Å². The lowest BCUT2D eigenvalue weighted by molar-refractivity contribution is -0.0505. The summed E-state index contributed by atoms with van der Waals surface area (Å²) in [6.07, 6.45) is 2.63. The number of rotatable bonds is 4. The number of carbonyl (C=O) groups is 1. The van der Waals surface area contributed by atoms with Gasteiger partial charge in [0, 0.05) is 51.0 Å². The van der Waals surface area contributed by atoms with E-state index in [1.807, 2.05) is 0 Å². The van der Waals surface area contributed by atoms with E-state index in [0.717, 1.165) is 11.1 Å². The Balaban J connectivity index is 1.60. The highest BCUT2D eigenvalue weighted by Gasteiger charge is 2.46. The summed E-state index contributed by atoms with van der Waals surface area (Å²) in [7, 11) is -2.63. The summed E-state index contributed by atoms with van der Waals surface area (Å²) in [4.78, 5) is 18.5. The normalized spacial score (nSPS) is 20.3. The monoisotopic (exact) mass is 529 g/mol. The summed E-state index contributed by atoms with van der Waals surface area (Å²) in [6.45, 7) is -2.89. The summed E-state index contributed by atoms with van der Waals surface area (Å²) in [5, 5.41) is 4.47. The molecule has 37 heavy (non-hydrogen) atoms. The molecule has 1 aliphatic carbocycles. The number of carbonyl (C=O) groups excluding carboxylic acids is 1. The number of hydrogen-bond donors (Lipinski definition) is 0. The van der Waals surface area contributed by atoms with Crippen molar-refractivity contribution in [3.8, 4) is 16.9 Å². The smallest absolute Gasteiger partial charge is 0.387 e. The maximum atomic E-state index is 15.3. The van der Waals surface area contributed by atoms with E-state index in [2.05, 4.69) is 10.1 Å². The van der Waals surface area contributed by atoms with Crippen LogP contribution in [0.2, 0.25) is 0 Å². The first-order chi connectivity index (χ1) is 18.8. The van der Waals surface area contributed by atoms with Crippen LogP contribution in [0.5, 0.6) is 5.75 Å². The molecule has 0 saturated carbocycles. The molecule has 0 radical (unpaired) electrons. The molecule has 1 aromatic carbocycles. The van der Waals surface area contributed by atoms with E-state index in [9.17, 15) is 18.1 Å². The highest BCUT2D eigenvalue weighted by atomic mass is 31.2. The van der Waals surface area contributed by atoms with Gasteiger partial charge in [-0.25, -0.2) is 8.91 Å². The van der Waals surface area contributed by atoms with Gasteiger partial charge in [-0.05, 0) is 44.0 Å². The van der Waals surface area contributed by atoms with E-state index in [4.69, 9.17) is 8.85 Å². The largest absolute Gasteiger partial charge is 0.434 e. The molecule has 0 N–H and O–H groups in total. The minimum Gasteiger partial charge on any atom is -0.434 e. The van der Waals surface area contributed by atoms with Crippen LogP contribution in [-0.4, -0.2) is 52.3 Å². The molecule has 7 nitrogen and oxygen atoms in total. The average molecular weight is 529 g/mol. The van der Waals surface area contributed by atoms with Crippen LogP contribution in [-0.2, 0) is 4.57 Å².